The first-order chi connectivity index (χ1) is 13.5. The monoisotopic (exact) mass is 480 g/mol. The Morgan fingerprint density at radius 3 is 2.24 bits per heavy atom. The molecule has 3 N–H and O–H groups in total. The van der Waals surface area contributed by atoms with Crippen LogP contribution in [-0.2, 0) is 14.6 Å². The van der Waals surface area contributed by atoms with Crippen molar-refractivity contribution in [3.63, 3.8) is 0 Å². The van der Waals surface area contributed by atoms with Gasteiger partial charge in [-0.05, 0) is 50.6 Å². The topological polar surface area (TPSA) is 98.5 Å². The van der Waals surface area contributed by atoms with E-state index in [4.69, 9.17) is 10.5 Å². The number of rotatable bonds is 5. The van der Waals surface area contributed by atoms with Gasteiger partial charge in [0.1, 0.15) is 10.9 Å². The molecule has 8 heteroatoms. The molecule has 0 unspecified atom stereocenters. The number of benzene rings is 2. The fourth-order valence-electron chi connectivity index (χ4n) is 3.70. The zero-order chi connectivity index (χ0) is 21.4. The number of halogens is 1. The van der Waals surface area contributed by atoms with Crippen LogP contribution >= 0.6 is 15.9 Å². The van der Waals surface area contributed by atoms with Gasteiger partial charge in [-0.15, -0.1) is 0 Å². The molecule has 1 aliphatic carbocycles. The molecule has 3 rings (SSSR count). The van der Waals surface area contributed by atoms with Gasteiger partial charge in [0.15, 0.2) is 9.84 Å². The minimum Gasteiger partial charge on any atom is -0.444 e. The van der Waals surface area contributed by atoms with Crippen LogP contribution in [0, 0.1) is 0 Å². The van der Waals surface area contributed by atoms with Gasteiger partial charge in [0.25, 0.3) is 0 Å². The molecule has 2 aromatic carbocycles. The number of amides is 1. The van der Waals surface area contributed by atoms with Crippen molar-refractivity contribution in [2.24, 2.45) is 5.73 Å². The second-order valence-electron chi connectivity index (χ2n) is 8.18. The summed E-state index contributed by atoms with van der Waals surface area (Å²) >= 11 is 3.39. The lowest BCUT2D eigenvalue weighted by molar-refractivity contribution is 0.0497. The van der Waals surface area contributed by atoms with E-state index in [1.165, 1.54) is 0 Å². The maximum atomic E-state index is 13.4. The summed E-state index contributed by atoms with van der Waals surface area (Å²) in [7, 11) is -3.74. The maximum absolute atomic E-state index is 13.4. The van der Waals surface area contributed by atoms with Gasteiger partial charge in [-0.2, -0.15) is 0 Å². The summed E-state index contributed by atoms with van der Waals surface area (Å²) in [6.45, 7) is 5.21. The lowest BCUT2D eigenvalue weighted by Gasteiger charge is -2.24. The highest BCUT2D eigenvalue weighted by Crippen LogP contribution is 2.57. The van der Waals surface area contributed by atoms with Crippen LogP contribution in [0.25, 0.3) is 0 Å². The van der Waals surface area contributed by atoms with E-state index in [9.17, 15) is 13.2 Å². The Labute approximate surface area is 179 Å². The second kappa shape index (κ2) is 7.74. The zero-order valence-electron chi connectivity index (χ0n) is 16.6. The van der Waals surface area contributed by atoms with E-state index in [-0.39, 0.29) is 11.4 Å². The number of sulfone groups is 1. The molecule has 0 aliphatic heterocycles. The Kier molecular flexibility index (Phi) is 5.82. The van der Waals surface area contributed by atoms with Crippen molar-refractivity contribution in [3.05, 3.63) is 64.6 Å². The standard InChI is InChI=1S/C21H25BrN2O4S/c1-20(2,3)28-19(25)24-21(13-23)17(14-9-11-15(22)12-10-14)18(21)29(26,27)16-7-5-4-6-8-16/h4-12,17-18H,13,23H2,1-3H3,(H,24,25)/t17-,18-,21-/m1/s1. The predicted molar refractivity (Wildman–Crippen MR) is 115 cm³/mol. The van der Waals surface area contributed by atoms with Crippen LogP contribution in [0.3, 0.4) is 0 Å². The molecule has 0 spiro atoms. The van der Waals surface area contributed by atoms with E-state index in [1.54, 1.807) is 51.1 Å². The normalized spacial score (nSPS) is 24.0. The second-order valence-corrected chi connectivity index (χ2v) is 11.2. The number of carbonyl (C=O) groups is 1. The Morgan fingerprint density at radius 1 is 1.14 bits per heavy atom. The summed E-state index contributed by atoms with van der Waals surface area (Å²) in [4.78, 5) is 12.7. The van der Waals surface area contributed by atoms with E-state index in [1.807, 2.05) is 24.3 Å². The molecule has 2 aromatic rings. The Morgan fingerprint density at radius 2 is 1.72 bits per heavy atom. The van der Waals surface area contributed by atoms with Gasteiger partial charge in [-0.25, -0.2) is 13.2 Å². The van der Waals surface area contributed by atoms with Crippen LogP contribution in [0.15, 0.2) is 64.0 Å². The lowest BCUT2D eigenvalue weighted by atomic mass is 10.1. The third kappa shape index (κ3) is 4.34. The fourth-order valence-corrected chi connectivity index (χ4v) is 6.33. The molecular formula is C21H25BrN2O4S. The number of alkyl carbamates (subject to hydrolysis) is 1. The summed E-state index contributed by atoms with van der Waals surface area (Å²) in [6.07, 6.45) is -0.684. The number of hydrogen-bond donors (Lipinski definition) is 2. The van der Waals surface area contributed by atoms with Gasteiger partial charge >= 0.3 is 6.09 Å². The first kappa shape index (κ1) is 21.8. The van der Waals surface area contributed by atoms with Crippen molar-refractivity contribution >= 4 is 31.9 Å². The highest BCUT2D eigenvalue weighted by atomic mass is 79.9. The number of nitrogens with one attached hydrogen (secondary N) is 1. The number of nitrogens with two attached hydrogens (primary N) is 1. The predicted octanol–water partition coefficient (Wildman–Crippen LogP) is 3.61. The van der Waals surface area contributed by atoms with Crippen LogP contribution in [-0.4, -0.2) is 37.4 Å². The Balaban J connectivity index is 2.03. The quantitative estimate of drug-likeness (QED) is 0.680. The number of ether oxygens (including phenoxy) is 1. The van der Waals surface area contributed by atoms with Gasteiger partial charge in [0, 0.05) is 16.9 Å². The zero-order valence-corrected chi connectivity index (χ0v) is 19.0. The highest BCUT2D eigenvalue weighted by molar-refractivity contribution is 9.10. The van der Waals surface area contributed by atoms with E-state index in [0.29, 0.717) is 0 Å². The molecule has 1 aliphatic rings. The van der Waals surface area contributed by atoms with E-state index in [2.05, 4.69) is 21.2 Å². The molecule has 6 nitrogen and oxygen atoms in total. The molecule has 0 aromatic heterocycles. The number of carbonyl (C=O) groups excluding carboxylic acids is 1. The minimum atomic E-state index is -3.74. The Hall–Kier alpha value is -1.90. The first-order valence-corrected chi connectivity index (χ1v) is 11.6. The molecular weight excluding hydrogens is 456 g/mol. The molecule has 29 heavy (non-hydrogen) atoms. The average Bonchev–Trinajstić information content (AvgIpc) is 3.31. The van der Waals surface area contributed by atoms with Gasteiger partial charge < -0.3 is 15.8 Å². The van der Waals surface area contributed by atoms with Gasteiger partial charge in [0.2, 0.25) is 0 Å². The van der Waals surface area contributed by atoms with Crippen molar-refractivity contribution < 1.29 is 17.9 Å². The summed E-state index contributed by atoms with van der Waals surface area (Å²) in [6, 6.07) is 15.6. The summed E-state index contributed by atoms with van der Waals surface area (Å²) in [5.41, 5.74) is 4.99. The van der Waals surface area contributed by atoms with E-state index < -0.39 is 38.2 Å². The van der Waals surface area contributed by atoms with Crippen molar-refractivity contribution in [2.45, 2.75) is 48.0 Å². The molecule has 0 saturated heterocycles. The highest BCUT2D eigenvalue weighted by Gasteiger charge is 2.71. The molecule has 1 fully saturated rings. The largest absolute Gasteiger partial charge is 0.444 e. The first-order valence-electron chi connectivity index (χ1n) is 9.27. The SMILES string of the molecule is CC(C)(C)OC(=O)N[C@]1(CN)[C@H](c2ccc(Br)cc2)[C@H]1S(=O)(=O)c1ccccc1. The van der Waals surface area contributed by atoms with Crippen LogP contribution in [0.2, 0.25) is 0 Å². The third-order valence-corrected chi connectivity index (χ3v) is 7.78. The molecule has 1 amide bonds. The van der Waals surface area contributed by atoms with Crippen LogP contribution in [0.5, 0.6) is 0 Å². The van der Waals surface area contributed by atoms with Gasteiger partial charge in [0.05, 0.1) is 10.4 Å². The van der Waals surface area contributed by atoms with Gasteiger partial charge in [-0.1, -0.05) is 46.3 Å². The van der Waals surface area contributed by atoms with Crippen molar-refractivity contribution in [3.8, 4) is 0 Å². The lowest BCUT2D eigenvalue weighted by Crippen LogP contribution is -2.49. The van der Waals surface area contributed by atoms with Crippen LogP contribution in [0.4, 0.5) is 4.79 Å². The van der Waals surface area contributed by atoms with E-state index in [0.717, 1.165) is 10.0 Å². The number of hydrogen-bond acceptors (Lipinski definition) is 5. The van der Waals surface area contributed by atoms with Crippen molar-refractivity contribution in [1.29, 1.82) is 0 Å². The molecule has 1 saturated carbocycles. The molecule has 0 heterocycles. The fraction of sp³-hybridized carbons (Fsp3) is 0.381. The summed E-state index contributed by atoms with van der Waals surface area (Å²) in [5, 5.41) is 1.89. The van der Waals surface area contributed by atoms with Gasteiger partial charge in [-0.3, -0.25) is 0 Å². The van der Waals surface area contributed by atoms with E-state index >= 15 is 0 Å². The minimum absolute atomic E-state index is 0.0380. The summed E-state index contributed by atoms with van der Waals surface area (Å²) in [5.74, 6) is -0.488. The summed E-state index contributed by atoms with van der Waals surface area (Å²) < 4.78 is 33.1. The Bertz CT molecular complexity index is 988. The smallest absolute Gasteiger partial charge is 0.408 e. The van der Waals surface area contributed by atoms with Crippen molar-refractivity contribution in [2.75, 3.05) is 6.54 Å². The molecule has 0 bridgehead atoms. The average molecular weight is 481 g/mol. The molecule has 3 atom stereocenters. The molecule has 0 radical (unpaired) electrons. The molecule has 156 valence electrons. The van der Waals surface area contributed by atoms with Crippen LogP contribution in [0.1, 0.15) is 32.3 Å². The van der Waals surface area contributed by atoms with Crippen LogP contribution < -0.4 is 11.1 Å². The van der Waals surface area contributed by atoms with Crippen molar-refractivity contribution in [1.82, 2.24) is 5.32 Å². The maximum Gasteiger partial charge on any atom is 0.408 e. The third-order valence-electron chi connectivity index (χ3n) is 4.96.